The summed E-state index contributed by atoms with van der Waals surface area (Å²) in [6, 6.07) is 36.5. The Kier molecular flexibility index (Phi) is 4.30. The van der Waals surface area contributed by atoms with E-state index in [-0.39, 0.29) is 17.4 Å². The van der Waals surface area contributed by atoms with E-state index in [1.165, 1.54) is 70.8 Å². The van der Waals surface area contributed by atoms with Crippen LogP contribution in [-0.4, -0.2) is 4.57 Å². The van der Waals surface area contributed by atoms with Crippen LogP contribution < -0.4 is 10.4 Å². The van der Waals surface area contributed by atoms with Crippen LogP contribution in [0.4, 0.5) is 0 Å². The average molecular weight is 512 g/mol. The highest BCUT2D eigenvalue weighted by atomic mass is 15.0. The maximum Gasteiger partial charge on any atom is 0.0635 e. The molecule has 190 valence electrons. The fraction of sp³-hybridized carbons (Fsp3) is 0.128. The van der Waals surface area contributed by atoms with Crippen molar-refractivity contribution in [3.63, 3.8) is 0 Å². The van der Waals surface area contributed by atoms with Gasteiger partial charge in [-0.25, -0.2) is 0 Å². The van der Waals surface area contributed by atoms with Gasteiger partial charge in [0.15, 0.2) is 0 Å². The van der Waals surface area contributed by atoms with E-state index in [0.717, 1.165) is 0 Å². The molecule has 0 saturated heterocycles. The smallest absolute Gasteiger partial charge is 0.0635 e. The molecule has 1 aromatic heterocycles. The maximum absolute atomic E-state index is 2.68. The number of hydrogen-bond acceptors (Lipinski definition) is 0. The van der Waals surface area contributed by atoms with E-state index in [0.29, 0.717) is 0 Å². The van der Waals surface area contributed by atoms with Gasteiger partial charge in [-0.1, -0.05) is 129 Å². The summed E-state index contributed by atoms with van der Waals surface area (Å²) in [6.45, 7) is 4.77. The number of para-hydroxylation sites is 1. The lowest BCUT2D eigenvalue weighted by atomic mass is 9.68. The van der Waals surface area contributed by atoms with Crippen molar-refractivity contribution in [1.29, 1.82) is 0 Å². The van der Waals surface area contributed by atoms with Crippen molar-refractivity contribution in [2.45, 2.75) is 25.3 Å². The zero-order valence-electron chi connectivity index (χ0n) is 22.7. The monoisotopic (exact) mass is 511 g/mol. The van der Waals surface area contributed by atoms with Gasteiger partial charge in [0, 0.05) is 33.2 Å². The SMILES string of the molecule is CC1(C)c2ccccc2-c2c3c1cccc3cc1c3ccccc3n(C3C=c4ccccc4=C4C=CC=CC43)c21. The number of aromatic nitrogens is 1. The summed E-state index contributed by atoms with van der Waals surface area (Å²) >= 11 is 0. The normalized spacial score (nSPS) is 19.9. The summed E-state index contributed by atoms with van der Waals surface area (Å²) in [5.41, 5.74) is 9.58. The molecule has 0 aliphatic heterocycles. The number of hydrogen-bond donors (Lipinski definition) is 0. The molecule has 0 saturated carbocycles. The van der Waals surface area contributed by atoms with E-state index in [4.69, 9.17) is 0 Å². The first-order valence-electron chi connectivity index (χ1n) is 14.4. The summed E-state index contributed by atoms with van der Waals surface area (Å²) in [4.78, 5) is 0. The van der Waals surface area contributed by atoms with Gasteiger partial charge in [0.1, 0.15) is 0 Å². The van der Waals surface area contributed by atoms with Crippen LogP contribution in [0.5, 0.6) is 0 Å². The Balaban J connectivity index is 1.51. The topological polar surface area (TPSA) is 4.93 Å². The van der Waals surface area contributed by atoms with E-state index in [9.17, 15) is 0 Å². The predicted molar refractivity (Wildman–Crippen MR) is 169 cm³/mol. The minimum atomic E-state index is -0.0681. The van der Waals surface area contributed by atoms with Gasteiger partial charge in [-0.3, -0.25) is 0 Å². The molecule has 0 spiro atoms. The van der Waals surface area contributed by atoms with E-state index >= 15 is 0 Å². The summed E-state index contributed by atoms with van der Waals surface area (Å²) in [7, 11) is 0. The van der Waals surface area contributed by atoms with Crippen LogP contribution in [0, 0.1) is 5.92 Å². The molecular weight excluding hydrogens is 482 g/mol. The van der Waals surface area contributed by atoms with Gasteiger partial charge in [-0.2, -0.15) is 0 Å². The molecule has 2 unspecified atom stereocenters. The highest BCUT2D eigenvalue weighted by Crippen LogP contribution is 2.53. The van der Waals surface area contributed by atoms with Gasteiger partial charge in [0.2, 0.25) is 0 Å². The second kappa shape index (κ2) is 7.73. The van der Waals surface area contributed by atoms with Crippen LogP contribution in [-0.2, 0) is 5.41 Å². The molecule has 3 aliphatic rings. The third-order valence-electron chi connectivity index (χ3n) is 9.73. The Labute approximate surface area is 233 Å². The second-order valence-corrected chi connectivity index (χ2v) is 12.1. The molecule has 3 aliphatic carbocycles. The van der Waals surface area contributed by atoms with Crippen LogP contribution in [0.2, 0.25) is 0 Å². The molecule has 40 heavy (non-hydrogen) atoms. The van der Waals surface area contributed by atoms with Crippen molar-refractivity contribution >= 4 is 44.2 Å². The number of rotatable bonds is 1. The highest BCUT2D eigenvalue weighted by molar-refractivity contribution is 6.22. The average Bonchev–Trinajstić information content (AvgIpc) is 3.32. The van der Waals surface area contributed by atoms with Crippen molar-refractivity contribution in [3.05, 3.63) is 143 Å². The molecule has 0 fully saturated rings. The highest BCUT2D eigenvalue weighted by Gasteiger charge is 2.36. The van der Waals surface area contributed by atoms with E-state index < -0.39 is 0 Å². The molecule has 5 aromatic carbocycles. The standard InChI is InChI=1S/C39H29N/c1-39(2)32-19-9-7-18-30(32)37-36-25(13-11-20-33(36)39)22-31-29-17-8-10-21-34(29)40(38(31)37)35-23-24-12-3-4-14-26(24)27-15-5-6-16-28(27)35/h3-23,28,35H,1-2H3. The first-order valence-corrected chi connectivity index (χ1v) is 14.4. The Hall–Kier alpha value is -4.62. The number of benzene rings is 5. The molecule has 1 nitrogen and oxygen atoms in total. The van der Waals surface area contributed by atoms with E-state index in [1.807, 2.05) is 0 Å². The summed E-state index contributed by atoms with van der Waals surface area (Å²) < 4.78 is 2.68. The van der Waals surface area contributed by atoms with Gasteiger partial charge < -0.3 is 4.57 Å². The van der Waals surface area contributed by atoms with Crippen molar-refractivity contribution in [2.24, 2.45) is 5.92 Å². The molecule has 0 radical (unpaired) electrons. The second-order valence-electron chi connectivity index (χ2n) is 12.1. The Morgan fingerprint density at radius 3 is 2.48 bits per heavy atom. The largest absolute Gasteiger partial charge is 0.332 e. The van der Waals surface area contributed by atoms with E-state index in [1.54, 1.807) is 0 Å². The summed E-state index contributed by atoms with van der Waals surface area (Å²) in [5, 5.41) is 8.08. The molecule has 0 amide bonds. The lowest BCUT2D eigenvalue weighted by molar-refractivity contribution is 0.588. The van der Waals surface area contributed by atoms with Crippen molar-refractivity contribution in [3.8, 4) is 11.1 Å². The molecular formula is C39H29N. The van der Waals surface area contributed by atoms with Crippen LogP contribution in [0.1, 0.15) is 31.0 Å². The van der Waals surface area contributed by atoms with Crippen LogP contribution in [0.25, 0.3) is 55.4 Å². The number of nitrogens with zero attached hydrogens (tertiary/aromatic N) is 1. The maximum atomic E-state index is 2.68. The minimum absolute atomic E-state index is 0.0681. The third-order valence-corrected chi connectivity index (χ3v) is 9.73. The van der Waals surface area contributed by atoms with Crippen molar-refractivity contribution in [1.82, 2.24) is 4.57 Å². The molecule has 0 bridgehead atoms. The van der Waals surface area contributed by atoms with Gasteiger partial charge >= 0.3 is 0 Å². The van der Waals surface area contributed by atoms with Crippen molar-refractivity contribution in [2.75, 3.05) is 0 Å². The van der Waals surface area contributed by atoms with Gasteiger partial charge in [-0.15, -0.1) is 0 Å². The van der Waals surface area contributed by atoms with Gasteiger partial charge in [0.05, 0.1) is 11.6 Å². The zero-order chi connectivity index (χ0) is 26.6. The molecule has 9 rings (SSSR count). The molecule has 1 heteroatoms. The molecule has 1 heterocycles. The third kappa shape index (κ3) is 2.72. The Morgan fingerprint density at radius 1 is 0.725 bits per heavy atom. The quantitative estimate of drug-likeness (QED) is 0.210. The minimum Gasteiger partial charge on any atom is -0.332 e. The lowest BCUT2D eigenvalue weighted by Crippen LogP contribution is -2.37. The molecule has 2 atom stereocenters. The summed E-state index contributed by atoms with van der Waals surface area (Å²) in [5.74, 6) is 0.271. The zero-order valence-corrected chi connectivity index (χ0v) is 22.7. The van der Waals surface area contributed by atoms with E-state index in [2.05, 4.69) is 146 Å². The molecule has 6 aromatic rings. The Bertz CT molecular complexity index is 2250. The van der Waals surface area contributed by atoms with Gasteiger partial charge in [0.25, 0.3) is 0 Å². The summed E-state index contributed by atoms with van der Waals surface area (Å²) in [6.07, 6.45) is 11.7. The van der Waals surface area contributed by atoms with Crippen LogP contribution >= 0.6 is 0 Å². The predicted octanol–water partition coefficient (Wildman–Crippen LogP) is 8.18. The number of allylic oxidation sites excluding steroid dienone is 4. The van der Waals surface area contributed by atoms with Crippen molar-refractivity contribution < 1.29 is 0 Å². The first-order chi connectivity index (χ1) is 19.6. The number of fused-ring (bicyclic) bond motifs is 8. The van der Waals surface area contributed by atoms with Crippen LogP contribution in [0.15, 0.2) is 121 Å². The fourth-order valence-corrected chi connectivity index (χ4v) is 7.97. The van der Waals surface area contributed by atoms with Crippen LogP contribution in [0.3, 0.4) is 0 Å². The lowest BCUT2D eigenvalue weighted by Gasteiger charge is -2.36. The fourth-order valence-electron chi connectivity index (χ4n) is 7.97. The molecule has 0 N–H and O–H groups in total. The van der Waals surface area contributed by atoms with Gasteiger partial charge in [-0.05, 0) is 55.6 Å². The Morgan fingerprint density at radius 2 is 1.52 bits per heavy atom. The first kappa shape index (κ1) is 22.2.